The van der Waals surface area contributed by atoms with Gasteiger partial charge in [-0.3, -0.25) is 0 Å². The van der Waals surface area contributed by atoms with Crippen molar-refractivity contribution in [2.45, 2.75) is 77.4 Å². The zero-order valence-electron chi connectivity index (χ0n) is 13.4. The molecule has 0 saturated carbocycles. The lowest BCUT2D eigenvalue weighted by atomic mass is 9.81. The van der Waals surface area contributed by atoms with Crippen molar-refractivity contribution in [1.29, 1.82) is 0 Å². The molecule has 0 aromatic heterocycles. The van der Waals surface area contributed by atoms with Gasteiger partial charge in [0.25, 0.3) is 0 Å². The summed E-state index contributed by atoms with van der Waals surface area (Å²) in [7, 11) is 0. The Morgan fingerprint density at radius 2 is 1.90 bits per heavy atom. The molecule has 3 N–H and O–H groups in total. The van der Waals surface area contributed by atoms with E-state index in [9.17, 15) is 0 Å². The second-order valence-electron chi connectivity index (χ2n) is 7.07. The second kappa shape index (κ2) is 7.60. The van der Waals surface area contributed by atoms with Crippen LogP contribution in [0.4, 0.5) is 0 Å². The molecule has 20 heavy (non-hydrogen) atoms. The first-order chi connectivity index (χ1) is 9.60. The molecule has 2 bridgehead atoms. The summed E-state index contributed by atoms with van der Waals surface area (Å²) in [4.78, 5) is 1.89. The number of nitrogens with one attached hydrogen (secondary N) is 3. The quantitative estimate of drug-likeness (QED) is 0.672. The third-order valence-electron chi connectivity index (χ3n) is 4.81. The van der Waals surface area contributed by atoms with E-state index in [1.54, 1.807) is 0 Å². The highest BCUT2D eigenvalue weighted by Crippen LogP contribution is 2.22. The maximum Gasteiger partial charge on any atom is 0.166 e. The Bertz CT molecular complexity index is 305. The molecular formula is C16H32N3S+. The van der Waals surface area contributed by atoms with Crippen LogP contribution in [0.25, 0.3) is 0 Å². The fourth-order valence-corrected chi connectivity index (χ4v) is 4.30. The van der Waals surface area contributed by atoms with Crippen molar-refractivity contribution in [3.05, 3.63) is 0 Å². The smallest absolute Gasteiger partial charge is 0.166 e. The summed E-state index contributed by atoms with van der Waals surface area (Å²) in [5, 5.41) is 7.73. The van der Waals surface area contributed by atoms with Crippen LogP contribution in [0, 0.1) is 5.92 Å². The maximum atomic E-state index is 5.40. The van der Waals surface area contributed by atoms with Crippen molar-refractivity contribution in [2.75, 3.05) is 13.1 Å². The standard InChI is InChI=1S/C16H31N3S/c1-4-8-17-16(20)18-13-9-14-6-5-7-15(10-13)19(14)11-12(2)3/h12-15H,4-11H2,1-3H3,(H2,17,18,20)/p+1/t13?,14-,15+. The highest BCUT2D eigenvalue weighted by molar-refractivity contribution is 7.80. The van der Waals surface area contributed by atoms with Gasteiger partial charge in [0.1, 0.15) is 0 Å². The Labute approximate surface area is 129 Å². The highest BCUT2D eigenvalue weighted by Gasteiger charge is 2.41. The summed E-state index contributed by atoms with van der Waals surface area (Å²) in [6.45, 7) is 9.22. The molecule has 2 fully saturated rings. The number of quaternary nitrogens is 1. The lowest BCUT2D eigenvalue weighted by molar-refractivity contribution is -0.963. The van der Waals surface area contributed by atoms with Crippen LogP contribution < -0.4 is 15.5 Å². The topological polar surface area (TPSA) is 28.5 Å². The third kappa shape index (κ3) is 4.32. The molecule has 2 unspecified atom stereocenters. The maximum absolute atomic E-state index is 5.40. The Morgan fingerprint density at radius 3 is 2.45 bits per heavy atom. The van der Waals surface area contributed by atoms with Crippen LogP contribution in [0.1, 0.15) is 59.3 Å². The van der Waals surface area contributed by atoms with E-state index >= 15 is 0 Å². The summed E-state index contributed by atoms with van der Waals surface area (Å²) in [6.07, 6.45) is 7.98. The Balaban J connectivity index is 1.86. The van der Waals surface area contributed by atoms with Crippen LogP contribution in [-0.4, -0.2) is 36.3 Å². The first-order valence-corrected chi connectivity index (χ1v) is 8.91. The lowest BCUT2D eigenvalue weighted by Gasteiger charge is -2.46. The van der Waals surface area contributed by atoms with E-state index in [4.69, 9.17) is 12.2 Å². The molecule has 0 aromatic rings. The first kappa shape index (κ1) is 16.0. The Kier molecular flexibility index (Phi) is 6.09. The highest BCUT2D eigenvalue weighted by atomic mass is 32.1. The molecule has 0 aromatic carbocycles. The average Bonchev–Trinajstić information content (AvgIpc) is 2.36. The molecule has 116 valence electrons. The van der Waals surface area contributed by atoms with Crippen molar-refractivity contribution in [3.8, 4) is 0 Å². The molecule has 2 heterocycles. The molecule has 2 aliphatic heterocycles. The predicted molar refractivity (Wildman–Crippen MR) is 89.1 cm³/mol. The van der Waals surface area contributed by atoms with Crippen molar-refractivity contribution in [2.24, 2.45) is 5.92 Å². The molecule has 4 heteroatoms. The fourth-order valence-electron chi connectivity index (χ4n) is 4.03. The Morgan fingerprint density at radius 1 is 1.25 bits per heavy atom. The minimum atomic E-state index is 0.595. The first-order valence-electron chi connectivity index (χ1n) is 8.50. The fraction of sp³-hybridized carbons (Fsp3) is 0.938. The largest absolute Gasteiger partial charge is 0.363 e. The van der Waals surface area contributed by atoms with Gasteiger partial charge in [-0.15, -0.1) is 0 Å². The van der Waals surface area contributed by atoms with E-state index in [0.29, 0.717) is 6.04 Å². The average molecular weight is 299 g/mol. The number of fused-ring (bicyclic) bond motifs is 2. The molecular weight excluding hydrogens is 266 g/mol. The number of rotatable bonds is 5. The number of hydrogen-bond donors (Lipinski definition) is 3. The third-order valence-corrected chi connectivity index (χ3v) is 5.07. The van der Waals surface area contributed by atoms with Crippen molar-refractivity contribution < 1.29 is 4.90 Å². The van der Waals surface area contributed by atoms with Crippen molar-refractivity contribution >= 4 is 17.3 Å². The number of piperidine rings is 2. The summed E-state index contributed by atoms with van der Waals surface area (Å²) < 4.78 is 0. The molecule has 2 saturated heterocycles. The molecule has 3 nitrogen and oxygen atoms in total. The normalized spacial score (nSPS) is 33.0. The summed E-state index contributed by atoms with van der Waals surface area (Å²) in [5.74, 6) is 0.810. The van der Waals surface area contributed by atoms with Crippen LogP contribution >= 0.6 is 12.2 Å². The van der Waals surface area contributed by atoms with Gasteiger partial charge in [0.05, 0.1) is 18.6 Å². The van der Waals surface area contributed by atoms with Gasteiger partial charge >= 0.3 is 0 Å². The van der Waals surface area contributed by atoms with Gasteiger partial charge in [-0.1, -0.05) is 20.8 Å². The SMILES string of the molecule is CCCNC(=S)NC1C[C@H]2CCC[C@@H](C1)[NH+]2CC(C)C. The molecule has 0 aliphatic carbocycles. The Hall–Kier alpha value is -0.350. The van der Waals surface area contributed by atoms with Crippen LogP contribution in [0.2, 0.25) is 0 Å². The molecule has 0 spiro atoms. The number of hydrogen-bond acceptors (Lipinski definition) is 1. The predicted octanol–water partition coefficient (Wildman–Crippen LogP) is 1.48. The van der Waals surface area contributed by atoms with E-state index in [0.717, 1.165) is 36.1 Å². The molecule has 0 amide bonds. The van der Waals surface area contributed by atoms with Gasteiger partial charge in [-0.2, -0.15) is 0 Å². The summed E-state index contributed by atoms with van der Waals surface area (Å²) in [5.41, 5.74) is 0. The van der Waals surface area contributed by atoms with Crippen LogP contribution in [-0.2, 0) is 0 Å². The van der Waals surface area contributed by atoms with Gasteiger partial charge in [-0.25, -0.2) is 0 Å². The van der Waals surface area contributed by atoms with E-state index in [1.807, 2.05) is 4.90 Å². The van der Waals surface area contributed by atoms with Gasteiger partial charge < -0.3 is 15.5 Å². The van der Waals surface area contributed by atoms with E-state index in [1.165, 1.54) is 38.6 Å². The minimum Gasteiger partial charge on any atom is -0.363 e. The number of thiocarbonyl (C=S) groups is 1. The van der Waals surface area contributed by atoms with Crippen LogP contribution in [0.3, 0.4) is 0 Å². The zero-order valence-corrected chi connectivity index (χ0v) is 14.2. The second-order valence-corrected chi connectivity index (χ2v) is 7.47. The van der Waals surface area contributed by atoms with Crippen LogP contribution in [0.5, 0.6) is 0 Å². The molecule has 2 rings (SSSR count). The summed E-state index contributed by atoms with van der Waals surface area (Å²) >= 11 is 5.40. The van der Waals surface area contributed by atoms with Crippen LogP contribution in [0.15, 0.2) is 0 Å². The minimum absolute atomic E-state index is 0.595. The summed E-state index contributed by atoms with van der Waals surface area (Å²) in [6, 6.07) is 2.31. The van der Waals surface area contributed by atoms with Gasteiger partial charge in [0.2, 0.25) is 0 Å². The van der Waals surface area contributed by atoms with E-state index in [-0.39, 0.29) is 0 Å². The monoisotopic (exact) mass is 298 g/mol. The van der Waals surface area contributed by atoms with Crippen molar-refractivity contribution in [1.82, 2.24) is 10.6 Å². The van der Waals surface area contributed by atoms with Gasteiger partial charge in [-0.05, 0) is 37.9 Å². The lowest BCUT2D eigenvalue weighted by Crippen LogP contribution is -3.21. The zero-order chi connectivity index (χ0) is 14.5. The van der Waals surface area contributed by atoms with Gasteiger partial charge in [0, 0.05) is 31.3 Å². The van der Waals surface area contributed by atoms with Crippen molar-refractivity contribution in [3.63, 3.8) is 0 Å². The molecule has 2 aliphatic rings. The van der Waals surface area contributed by atoms with E-state index < -0.39 is 0 Å². The van der Waals surface area contributed by atoms with Gasteiger partial charge in [0.15, 0.2) is 5.11 Å². The van der Waals surface area contributed by atoms with E-state index in [2.05, 4.69) is 31.4 Å². The molecule has 4 atom stereocenters. The molecule has 0 radical (unpaired) electrons.